The zero-order valence-electron chi connectivity index (χ0n) is 15.6. The van der Waals surface area contributed by atoms with Gasteiger partial charge in [0.25, 0.3) is 5.91 Å². The molecule has 0 spiro atoms. The summed E-state index contributed by atoms with van der Waals surface area (Å²) < 4.78 is 11.2. The summed E-state index contributed by atoms with van der Waals surface area (Å²) in [7, 11) is 1.24. The average molecular weight is 509 g/mol. The number of nitrogens with one attached hydrogen (secondary N) is 1. The normalized spacial score (nSPS) is 16.3. The lowest BCUT2D eigenvalue weighted by atomic mass is 10.2. The van der Waals surface area contributed by atoms with Crippen LogP contribution in [0.3, 0.4) is 0 Å². The lowest BCUT2D eigenvalue weighted by Gasteiger charge is -2.10. The Morgan fingerprint density at radius 3 is 2.87 bits per heavy atom. The van der Waals surface area contributed by atoms with Gasteiger partial charge in [0, 0.05) is 26.7 Å². The van der Waals surface area contributed by atoms with Gasteiger partial charge in [0.05, 0.1) is 18.2 Å². The van der Waals surface area contributed by atoms with E-state index >= 15 is 0 Å². The first-order valence-electron chi connectivity index (χ1n) is 8.52. The molecule has 0 radical (unpaired) electrons. The van der Waals surface area contributed by atoms with Gasteiger partial charge >= 0.3 is 5.97 Å². The van der Waals surface area contributed by atoms with Gasteiger partial charge in [0.15, 0.2) is 5.17 Å². The number of hydrogen-bond donors (Lipinski definition) is 1. The molecule has 0 saturated carbocycles. The van der Waals surface area contributed by atoms with E-state index in [-0.39, 0.29) is 10.1 Å². The molecule has 0 atom stereocenters. The number of rotatable bonds is 6. The highest BCUT2D eigenvalue weighted by molar-refractivity contribution is 9.10. The zero-order chi connectivity index (χ0) is 21.5. The minimum atomic E-state index is -0.619. The van der Waals surface area contributed by atoms with Crippen LogP contribution >= 0.6 is 39.3 Å². The van der Waals surface area contributed by atoms with Crippen LogP contribution in [0.25, 0.3) is 0 Å². The second kappa shape index (κ2) is 10.4. The van der Waals surface area contributed by atoms with E-state index in [1.54, 1.807) is 12.1 Å². The molecule has 1 heterocycles. The molecule has 7 nitrogen and oxygen atoms in total. The Balaban J connectivity index is 1.72. The van der Waals surface area contributed by atoms with Crippen LogP contribution in [-0.4, -0.2) is 30.4 Å². The fourth-order valence-electron chi connectivity index (χ4n) is 2.31. The molecular weight excluding hydrogens is 494 g/mol. The Bertz CT molecular complexity index is 1070. The van der Waals surface area contributed by atoms with Crippen LogP contribution in [-0.2, 0) is 20.9 Å². The molecule has 0 bridgehead atoms. The number of esters is 1. The molecule has 1 fully saturated rings. The van der Waals surface area contributed by atoms with Crippen molar-refractivity contribution in [1.82, 2.24) is 5.32 Å². The molecule has 3 rings (SSSR count). The minimum absolute atomic E-state index is 0.182. The third-order valence-electron chi connectivity index (χ3n) is 3.76. The SMILES string of the molecule is COC(=O)/C=C1/S/C(=N\N=Cc2cc(Br)ccc2OCc2ccccc2Cl)NC1=O. The second-order valence-corrected chi connectivity index (χ2v) is 8.15. The molecule has 2 aromatic carbocycles. The number of carbonyl (C=O) groups excluding carboxylic acids is 2. The van der Waals surface area contributed by atoms with Crippen LogP contribution < -0.4 is 10.1 Å². The number of amidine groups is 1. The van der Waals surface area contributed by atoms with Gasteiger partial charge in [-0.3, -0.25) is 10.1 Å². The molecule has 1 saturated heterocycles. The van der Waals surface area contributed by atoms with Crippen molar-refractivity contribution in [2.45, 2.75) is 6.61 Å². The van der Waals surface area contributed by atoms with E-state index in [9.17, 15) is 9.59 Å². The summed E-state index contributed by atoms with van der Waals surface area (Å²) in [6, 6.07) is 12.9. The van der Waals surface area contributed by atoms with Crippen LogP contribution in [0.5, 0.6) is 5.75 Å². The van der Waals surface area contributed by atoms with Crippen molar-refractivity contribution in [3.8, 4) is 5.75 Å². The van der Waals surface area contributed by atoms with Crippen LogP contribution in [0.2, 0.25) is 5.02 Å². The summed E-state index contributed by atoms with van der Waals surface area (Å²) >= 11 is 10.6. The van der Waals surface area contributed by atoms with Crippen molar-refractivity contribution in [2.24, 2.45) is 10.2 Å². The summed E-state index contributed by atoms with van der Waals surface area (Å²) in [5, 5.41) is 11.4. The number of nitrogens with zero attached hydrogens (tertiary/aromatic N) is 2. The second-order valence-electron chi connectivity index (χ2n) is 5.80. The third-order valence-corrected chi connectivity index (χ3v) is 5.52. The number of hydrogen-bond acceptors (Lipinski definition) is 7. The van der Waals surface area contributed by atoms with E-state index in [4.69, 9.17) is 16.3 Å². The van der Waals surface area contributed by atoms with Crippen molar-refractivity contribution in [2.75, 3.05) is 7.11 Å². The molecule has 0 unspecified atom stereocenters. The highest BCUT2D eigenvalue weighted by atomic mass is 79.9. The quantitative estimate of drug-likeness (QED) is 0.272. The third kappa shape index (κ3) is 5.94. The summed E-state index contributed by atoms with van der Waals surface area (Å²) in [5.41, 5.74) is 1.54. The first-order chi connectivity index (χ1) is 14.5. The predicted octanol–water partition coefficient (Wildman–Crippen LogP) is 4.29. The number of benzene rings is 2. The number of amides is 1. The molecule has 1 amide bonds. The van der Waals surface area contributed by atoms with Crippen LogP contribution in [0.15, 0.2) is 68.1 Å². The summed E-state index contributed by atoms with van der Waals surface area (Å²) in [4.78, 5) is 23.3. The highest BCUT2D eigenvalue weighted by Crippen LogP contribution is 2.25. The van der Waals surface area contributed by atoms with Crippen LogP contribution in [0, 0.1) is 0 Å². The molecule has 10 heteroatoms. The Hall–Kier alpha value is -2.62. The number of carbonyl (C=O) groups is 2. The van der Waals surface area contributed by atoms with E-state index in [0.29, 0.717) is 22.9 Å². The molecular formula is C20H15BrClN3O4S. The van der Waals surface area contributed by atoms with Crippen molar-refractivity contribution in [3.05, 3.63) is 74.1 Å². The number of methoxy groups -OCH3 is 1. The molecule has 0 aromatic heterocycles. The fraction of sp³-hybridized carbons (Fsp3) is 0.100. The Kier molecular flexibility index (Phi) is 7.67. The summed E-state index contributed by atoms with van der Waals surface area (Å²) in [5.74, 6) is -0.464. The van der Waals surface area contributed by atoms with Crippen molar-refractivity contribution in [1.29, 1.82) is 0 Å². The Morgan fingerprint density at radius 2 is 2.10 bits per heavy atom. The largest absolute Gasteiger partial charge is 0.488 e. The Morgan fingerprint density at radius 1 is 1.30 bits per heavy atom. The molecule has 2 aromatic rings. The van der Waals surface area contributed by atoms with E-state index in [2.05, 4.69) is 36.2 Å². The van der Waals surface area contributed by atoms with Gasteiger partial charge in [0.1, 0.15) is 12.4 Å². The van der Waals surface area contributed by atoms with Gasteiger partial charge in [-0.1, -0.05) is 45.7 Å². The van der Waals surface area contributed by atoms with Crippen molar-refractivity contribution in [3.63, 3.8) is 0 Å². The first-order valence-corrected chi connectivity index (χ1v) is 10.5. The van der Waals surface area contributed by atoms with E-state index < -0.39 is 11.9 Å². The molecule has 154 valence electrons. The van der Waals surface area contributed by atoms with Gasteiger partial charge in [0.2, 0.25) is 0 Å². The fourth-order valence-corrected chi connectivity index (χ4v) is 3.62. The average Bonchev–Trinajstić information content (AvgIpc) is 3.07. The monoisotopic (exact) mass is 507 g/mol. The van der Waals surface area contributed by atoms with Gasteiger partial charge in [-0.2, -0.15) is 5.10 Å². The molecule has 1 aliphatic heterocycles. The van der Waals surface area contributed by atoms with E-state index in [1.165, 1.54) is 13.3 Å². The van der Waals surface area contributed by atoms with Crippen LogP contribution in [0.1, 0.15) is 11.1 Å². The van der Waals surface area contributed by atoms with E-state index in [0.717, 1.165) is 27.9 Å². The molecule has 1 N–H and O–H groups in total. The minimum Gasteiger partial charge on any atom is -0.488 e. The number of ether oxygens (including phenoxy) is 2. The maximum atomic E-state index is 11.8. The zero-order valence-corrected chi connectivity index (χ0v) is 18.8. The highest BCUT2D eigenvalue weighted by Gasteiger charge is 2.25. The van der Waals surface area contributed by atoms with Crippen molar-refractivity contribution >= 4 is 62.6 Å². The maximum absolute atomic E-state index is 11.8. The standard InChI is InChI=1S/C20H15BrClN3O4S/c1-28-18(26)9-17-19(27)24-20(30-17)25-23-10-13-8-14(21)6-7-16(13)29-11-12-4-2-3-5-15(12)22/h2-10H,11H2,1H3,(H,24,25,27)/b17-9+,23-10?. The summed E-state index contributed by atoms with van der Waals surface area (Å²) in [6.07, 6.45) is 2.61. The molecule has 30 heavy (non-hydrogen) atoms. The van der Waals surface area contributed by atoms with Crippen LogP contribution in [0.4, 0.5) is 0 Å². The lowest BCUT2D eigenvalue weighted by molar-refractivity contribution is -0.135. The van der Waals surface area contributed by atoms with Gasteiger partial charge in [-0.15, -0.1) is 5.10 Å². The number of thioether (sulfide) groups is 1. The predicted molar refractivity (Wildman–Crippen MR) is 121 cm³/mol. The maximum Gasteiger partial charge on any atom is 0.331 e. The number of halogens is 2. The smallest absolute Gasteiger partial charge is 0.331 e. The molecule has 1 aliphatic rings. The van der Waals surface area contributed by atoms with Gasteiger partial charge in [-0.05, 0) is 36.0 Å². The molecule has 0 aliphatic carbocycles. The van der Waals surface area contributed by atoms with Gasteiger partial charge in [-0.25, -0.2) is 4.79 Å². The summed E-state index contributed by atoms with van der Waals surface area (Å²) in [6.45, 7) is 0.296. The topological polar surface area (TPSA) is 89.3 Å². The van der Waals surface area contributed by atoms with Gasteiger partial charge < -0.3 is 9.47 Å². The Labute approximate surface area is 190 Å². The van der Waals surface area contributed by atoms with Crippen molar-refractivity contribution < 1.29 is 19.1 Å². The first kappa shape index (κ1) is 22.1. The lowest BCUT2D eigenvalue weighted by Crippen LogP contribution is -2.19. The van der Waals surface area contributed by atoms with E-state index in [1.807, 2.05) is 30.3 Å².